The molecule has 1 aliphatic heterocycles. The highest BCUT2D eigenvalue weighted by atomic mass is 16.5. The van der Waals surface area contributed by atoms with E-state index in [1.165, 1.54) is 32.2 Å². The first-order valence-electron chi connectivity index (χ1n) is 6.12. The molecule has 1 saturated carbocycles. The second-order valence-electron chi connectivity index (χ2n) is 4.95. The minimum absolute atomic E-state index is 0.472. The predicted octanol–water partition coefficient (Wildman–Crippen LogP) is 2.19. The number of rotatable bonds is 5. The monoisotopic (exact) mass is 197 g/mol. The Morgan fingerprint density at radius 1 is 1.43 bits per heavy atom. The van der Waals surface area contributed by atoms with Crippen molar-refractivity contribution in [1.29, 1.82) is 0 Å². The predicted molar refractivity (Wildman–Crippen MR) is 58.3 cm³/mol. The van der Waals surface area contributed by atoms with Crippen LogP contribution in [-0.4, -0.2) is 25.8 Å². The van der Waals surface area contributed by atoms with Crippen LogP contribution in [0.25, 0.3) is 0 Å². The van der Waals surface area contributed by atoms with Gasteiger partial charge < -0.3 is 10.1 Å². The van der Waals surface area contributed by atoms with Crippen LogP contribution < -0.4 is 5.32 Å². The van der Waals surface area contributed by atoms with Crippen LogP contribution in [0.3, 0.4) is 0 Å². The molecule has 1 saturated heterocycles. The van der Waals surface area contributed by atoms with Crippen molar-refractivity contribution >= 4 is 0 Å². The molecule has 2 atom stereocenters. The first-order chi connectivity index (χ1) is 6.79. The standard InChI is InChI=1S/C12H23NO/c1-3-7-13-9-12(11-4-5-11)6-8-14-10(12)2/h10-11,13H,3-9H2,1-2H3. The van der Waals surface area contributed by atoms with E-state index in [2.05, 4.69) is 19.2 Å². The first kappa shape index (κ1) is 10.4. The van der Waals surface area contributed by atoms with E-state index in [1.54, 1.807) is 0 Å². The van der Waals surface area contributed by atoms with Gasteiger partial charge in [-0.15, -0.1) is 0 Å². The van der Waals surface area contributed by atoms with Gasteiger partial charge in [0.25, 0.3) is 0 Å². The molecule has 1 aliphatic carbocycles. The van der Waals surface area contributed by atoms with Crippen LogP contribution in [0.15, 0.2) is 0 Å². The van der Waals surface area contributed by atoms with Gasteiger partial charge in [-0.25, -0.2) is 0 Å². The summed E-state index contributed by atoms with van der Waals surface area (Å²) in [6.45, 7) is 7.80. The van der Waals surface area contributed by atoms with E-state index in [0.717, 1.165) is 19.1 Å². The molecule has 1 N–H and O–H groups in total. The molecule has 0 aromatic heterocycles. The van der Waals surface area contributed by atoms with E-state index in [9.17, 15) is 0 Å². The molecular weight excluding hydrogens is 174 g/mol. The van der Waals surface area contributed by atoms with Crippen molar-refractivity contribution in [2.75, 3.05) is 19.7 Å². The van der Waals surface area contributed by atoms with Crippen molar-refractivity contribution in [3.05, 3.63) is 0 Å². The zero-order valence-corrected chi connectivity index (χ0v) is 9.51. The van der Waals surface area contributed by atoms with Gasteiger partial charge in [0.2, 0.25) is 0 Å². The number of ether oxygens (including phenoxy) is 1. The van der Waals surface area contributed by atoms with Crippen molar-refractivity contribution in [2.24, 2.45) is 11.3 Å². The summed E-state index contributed by atoms with van der Waals surface area (Å²) in [7, 11) is 0. The average molecular weight is 197 g/mol. The highest BCUT2D eigenvalue weighted by molar-refractivity contribution is 5.01. The lowest BCUT2D eigenvalue weighted by molar-refractivity contribution is 0.0513. The van der Waals surface area contributed by atoms with Crippen LogP contribution in [0, 0.1) is 11.3 Å². The van der Waals surface area contributed by atoms with Gasteiger partial charge in [0.1, 0.15) is 0 Å². The SMILES string of the molecule is CCCNCC1(C2CC2)CCOC1C. The summed E-state index contributed by atoms with van der Waals surface area (Å²) in [6.07, 6.45) is 5.84. The van der Waals surface area contributed by atoms with Gasteiger partial charge in [-0.1, -0.05) is 6.92 Å². The number of hydrogen-bond acceptors (Lipinski definition) is 2. The first-order valence-corrected chi connectivity index (χ1v) is 6.12. The number of nitrogens with one attached hydrogen (secondary N) is 1. The quantitative estimate of drug-likeness (QED) is 0.682. The van der Waals surface area contributed by atoms with E-state index in [-0.39, 0.29) is 0 Å². The van der Waals surface area contributed by atoms with Gasteiger partial charge in [0.15, 0.2) is 0 Å². The van der Waals surface area contributed by atoms with Crippen LogP contribution in [0.5, 0.6) is 0 Å². The van der Waals surface area contributed by atoms with Crippen LogP contribution in [0.1, 0.15) is 39.5 Å². The van der Waals surface area contributed by atoms with E-state index < -0.39 is 0 Å². The van der Waals surface area contributed by atoms with Gasteiger partial charge in [0, 0.05) is 18.6 Å². The molecule has 0 spiro atoms. The molecule has 2 heteroatoms. The molecule has 14 heavy (non-hydrogen) atoms. The molecule has 82 valence electrons. The zero-order chi connectivity index (χ0) is 10.0. The van der Waals surface area contributed by atoms with Gasteiger partial charge in [-0.05, 0) is 45.1 Å². The summed E-state index contributed by atoms with van der Waals surface area (Å²) >= 11 is 0. The van der Waals surface area contributed by atoms with E-state index >= 15 is 0 Å². The second kappa shape index (κ2) is 4.19. The van der Waals surface area contributed by atoms with Crippen molar-refractivity contribution in [2.45, 2.75) is 45.6 Å². The van der Waals surface area contributed by atoms with Gasteiger partial charge in [-0.2, -0.15) is 0 Å². The van der Waals surface area contributed by atoms with Crippen LogP contribution in [0.4, 0.5) is 0 Å². The molecule has 2 nitrogen and oxygen atoms in total. The van der Waals surface area contributed by atoms with E-state index in [1.807, 2.05) is 0 Å². The molecule has 2 fully saturated rings. The molecule has 0 radical (unpaired) electrons. The maximum atomic E-state index is 5.76. The van der Waals surface area contributed by atoms with Gasteiger partial charge >= 0.3 is 0 Å². The minimum atomic E-state index is 0.472. The van der Waals surface area contributed by atoms with Crippen molar-refractivity contribution in [3.63, 3.8) is 0 Å². The molecule has 2 aliphatic rings. The number of hydrogen-bond donors (Lipinski definition) is 1. The van der Waals surface area contributed by atoms with Crippen LogP contribution in [-0.2, 0) is 4.74 Å². The van der Waals surface area contributed by atoms with E-state index in [0.29, 0.717) is 11.5 Å². The van der Waals surface area contributed by atoms with Gasteiger partial charge in [-0.3, -0.25) is 0 Å². The minimum Gasteiger partial charge on any atom is -0.378 e. The average Bonchev–Trinajstić information content (AvgIpc) is 2.95. The third kappa shape index (κ3) is 1.82. The van der Waals surface area contributed by atoms with Gasteiger partial charge in [0.05, 0.1) is 6.10 Å². The fourth-order valence-electron chi connectivity index (χ4n) is 2.86. The van der Waals surface area contributed by atoms with E-state index in [4.69, 9.17) is 4.74 Å². The molecule has 0 amide bonds. The fraction of sp³-hybridized carbons (Fsp3) is 1.00. The summed E-state index contributed by atoms with van der Waals surface area (Å²) in [5.74, 6) is 0.948. The molecule has 2 rings (SSSR count). The molecule has 1 heterocycles. The highest BCUT2D eigenvalue weighted by Gasteiger charge is 2.51. The summed E-state index contributed by atoms with van der Waals surface area (Å²) < 4.78 is 5.76. The zero-order valence-electron chi connectivity index (χ0n) is 9.51. The summed E-state index contributed by atoms with van der Waals surface area (Å²) in [5.41, 5.74) is 0.481. The summed E-state index contributed by atoms with van der Waals surface area (Å²) in [4.78, 5) is 0. The largest absolute Gasteiger partial charge is 0.378 e. The van der Waals surface area contributed by atoms with Crippen molar-refractivity contribution < 1.29 is 4.74 Å². The van der Waals surface area contributed by atoms with Crippen molar-refractivity contribution in [3.8, 4) is 0 Å². The Kier molecular flexibility index (Phi) is 3.13. The Morgan fingerprint density at radius 3 is 2.71 bits per heavy atom. The third-order valence-electron chi connectivity index (χ3n) is 4.02. The van der Waals surface area contributed by atoms with Crippen molar-refractivity contribution in [1.82, 2.24) is 5.32 Å². The molecule has 0 aromatic carbocycles. The molecule has 0 bridgehead atoms. The Morgan fingerprint density at radius 2 is 2.21 bits per heavy atom. The topological polar surface area (TPSA) is 21.3 Å². The summed E-state index contributed by atoms with van der Waals surface area (Å²) in [5, 5.41) is 3.59. The Balaban J connectivity index is 1.92. The third-order valence-corrected chi connectivity index (χ3v) is 4.02. The fourth-order valence-corrected chi connectivity index (χ4v) is 2.86. The smallest absolute Gasteiger partial charge is 0.0618 e. The Labute approximate surface area is 87.4 Å². The maximum absolute atomic E-state index is 5.76. The lowest BCUT2D eigenvalue weighted by atomic mass is 9.76. The maximum Gasteiger partial charge on any atom is 0.0618 e. The molecule has 0 aromatic rings. The lowest BCUT2D eigenvalue weighted by Crippen LogP contribution is -2.41. The highest BCUT2D eigenvalue weighted by Crippen LogP contribution is 2.52. The Bertz CT molecular complexity index is 191. The molecular formula is C12H23NO. The van der Waals surface area contributed by atoms with Crippen LogP contribution in [0.2, 0.25) is 0 Å². The normalized spacial score (nSPS) is 37.7. The second-order valence-corrected chi connectivity index (χ2v) is 4.95. The summed E-state index contributed by atoms with van der Waals surface area (Å²) in [6, 6.07) is 0. The Hall–Kier alpha value is -0.0800. The van der Waals surface area contributed by atoms with Crippen LogP contribution >= 0.6 is 0 Å². The lowest BCUT2D eigenvalue weighted by Gasteiger charge is -2.32. The molecule has 2 unspecified atom stereocenters.